The Balaban J connectivity index is 2.01. The lowest BCUT2D eigenvalue weighted by Gasteiger charge is -2.10. The first-order valence-corrected chi connectivity index (χ1v) is 6.10. The second-order valence-electron chi connectivity index (χ2n) is 4.22. The van der Waals surface area contributed by atoms with E-state index in [1.165, 1.54) is 0 Å². The lowest BCUT2D eigenvalue weighted by molar-refractivity contribution is -0.142. The minimum Gasteiger partial charge on any atom is -0.343 e. The van der Waals surface area contributed by atoms with Gasteiger partial charge in [0, 0.05) is 4.47 Å². The van der Waals surface area contributed by atoms with Crippen molar-refractivity contribution in [2.24, 2.45) is 5.92 Å². The van der Waals surface area contributed by atoms with Gasteiger partial charge in [-0.3, -0.25) is 0 Å². The zero-order valence-electron chi connectivity index (χ0n) is 9.34. The molecule has 0 saturated heterocycles. The maximum absolute atomic E-state index is 11.3. The number of nitrogens with one attached hydrogen (secondary N) is 1. The van der Waals surface area contributed by atoms with E-state index in [4.69, 9.17) is 4.84 Å². The van der Waals surface area contributed by atoms with E-state index < -0.39 is 0 Å². The molecule has 3 nitrogen and oxygen atoms in total. The van der Waals surface area contributed by atoms with Crippen molar-refractivity contribution in [1.82, 2.24) is 0 Å². The van der Waals surface area contributed by atoms with Crippen molar-refractivity contribution in [1.29, 1.82) is 0 Å². The van der Waals surface area contributed by atoms with Crippen molar-refractivity contribution in [3.05, 3.63) is 27.7 Å². The Morgan fingerprint density at radius 1 is 1.38 bits per heavy atom. The number of carbonyl (C=O) groups is 1. The van der Waals surface area contributed by atoms with Gasteiger partial charge in [-0.2, -0.15) is 0 Å². The lowest BCUT2D eigenvalue weighted by Crippen LogP contribution is -2.12. The van der Waals surface area contributed by atoms with Crippen LogP contribution in [0.5, 0.6) is 0 Å². The molecule has 0 unspecified atom stereocenters. The van der Waals surface area contributed by atoms with E-state index in [-0.39, 0.29) is 11.9 Å². The minimum absolute atomic E-state index is 0.116. The predicted molar refractivity (Wildman–Crippen MR) is 66.1 cm³/mol. The van der Waals surface area contributed by atoms with E-state index in [1.807, 2.05) is 26.0 Å². The molecule has 1 fully saturated rings. The highest BCUT2D eigenvalue weighted by Crippen LogP contribution is 2.30. The van der Waals surface area contributed by atoms with Crippen LogP contribution < -0.4 is 5.48 Å². The molecular formula is C12H14BrNO2. The summed E-state index contributed by atoms with van der Waals surface area (Å²) < 4.78 is 1.09. The number of benzene rings is 1. The van der Waals surface area contributed by atoms with Crippen molar-refractivity contribution in [3.8, 4) is 0 Å². The summed E-state index contributed by atoms with van der Waals surface area (Å²) in [6, 6.07) is 3.88. The number of hydrogen-bond donors (Lipinski definition) is 1. The maximum atomic E-state index is 11.3. The molecule has 86 valence electrons. The molecule has 0 spiro atoms. The molecule has 0 atom stereocenters. The summed E-state index contributed by atoms with van der Waals surface area (Å²) in [4.78, 5) is 16.3. The van der Waals surface area contributed by atoms with Gasteiger partial charge in [0.1, 0.15) is 0 Å². The number of halogens is 1. The Labute approximate surface area is 103 Å². The summed E-state index contributed by atoms with van der Waals surface area (Å²) in [5.41, 5.74) is 5.75. The molecule has 2 rings (SSSR count). The zero-order chi connectivity index (χ0) is 11.7. The molecule has 4 heteroatoms. The van der Waals surface area contributed by atoms with Gasteiger partial charge >= 0.3 is 5.97 Å². The van der Waals surface area contributed by atoms with Gasteiger partial charge in [0.2, 0.25) is 0 Å². The van der Waals surface area contributed by atoms with Crippen LogP contribution in [0.15, 0.2) is 16.6 Å². The highest BCUT2D eigenvalue weighted by atomic mass is 79.9. The monoisotopic (exact) mass is 283 g/mol. The van der Waals surface area contributed by atoms with Crippen LogP contribution in [0.3, 0.4) is 0 Å². The van der Waals surface area contributed by atoms with Crippen LogP contribution in [0.4, 0.5) is 5.69 Å². The quantitative estimate of drug-likeness (QED) is 0.865. The second kappa shape index (κ2) is 4.45. The van der Waals surface area contributed by atoms with Crippen molar-refractivity contribution in [3.63, 3.8) is 0 Å². The first-order valence-electron chi connectivity index (χ1n) is 5.31. The molecule has 1 aliphatic rings. The first-order chi connectivity index (χ1) is 7.58. The van der Waals surface area contributed by atoms with E-state index in [9.17, 15) is 4.79 Å². The van der Waals surface area contributed by atoms with Gasteiger partial charge in [-0.15, -0.1) is 0 Å². The molecule has 0 aromatic heterocycles. The third kappa shape index (κ3) is 2.55. The third-order valence-corrected chi connectivity index (χ3v) is 3.87. The first kappa shape index (κ1) is 11.5. The van der Waals surface area contributed by atoms with Gasteiger partial charge in [-0.1, -0.05) is 15.9 Å². The van der Waals surface area contributed by atoms with E-state index >= 15 is 0 Å². The van der Waals surface area contributed by atoms with Crippen LogP contribution in [-0.4, -0.2) is 5.97 Å². The average molecular weight is 284 g/mol. The molecule has 0 amide bonds. The summed E-state index contributed by atoms with van der Waals surface area (Å²) in [6.45, 7) is 4.01. The molecular weight excluding hydrogens is 270 g/mol. The van der Waals surface area contributed by atoms with E-state index in [0.717, 1.165) is 34.1 Å². The number of anilines is 1. The van der Waals surface area contributed by atoms with Crippen LogP contribution in [0.2, 0.25) is 0 Å². The minimum atomic E-state index is -0.154. The van der Waals surface area contributed by atoms with E-state index in [1.54, 1.807) is 0 Å². The molecule has 0 heterocycles. The molecule has 1 N–H and O–H groups in total. The van der Waals surface area contributed by atoms with Crippen LogP contribution in [0, 0.1) is 19.8 Å². The van der Waals surface area contributed by atoms with Gasteiger partial charge in [0.25, 0.3) is 0 Å². The molecule has 0 bridgehead atoms. The predicted octanol–water partition coefficient (Wildman–Crippen LogP) is 3.35. The Hall–Kier alpha value is -1.03. The van der Waals surface area contributed by atoms with Gasteiger partial charge in [-0.05, 0) is 49.9 Å². The van der Waals surface area contributed by atoms with E-state index in [2.05, 4.69) is 21.4 Å². The standard InChI is InChI=1S/C12H14BrNO2/c1-7-5-10(6-8(2)11(7)13)14-16-12(15)9-3-4-9/h5-6,9,14H,3-4H2,1-2H3. The SMILES string of the molecule is Cc1cc(NOC(=O)C2CC2)cc(C)c1Br. The molecule has 0 aliphatic heterocycles. The Morgan fingerprint density at radius 3 is 2.44 bits per heavy atom. The molecule has 1 aromatic carbocycles. The Bertz CT molecular complexity index is 404. The van der Waals surface area contributed by atoms with Gasteiger partial charge in [0.15, 0.2) is 0 Å². The summed E-state index contributed by atoms with van der Waals surface area (Å²) in [5, 5.41) is 0. The van der Waals surface area contributed by atoms with Crippen molar-refractivity contribution in [2.75, 3.05) is 5.48 Å². The van der Waals surface area contributed by atoms with Gasteiger partial charge in [0.05, 0.1) is 11.6 Å². The lowest BCUT2D eigenvalue weighted by atomic mass is 10.1. The Morgan fingerprint density at radius 2 is 1.94 bits per heavy atom. The fourth-order valence-electron chi connectivity index (χ4n) is 1.52. The molecule has 1 aliphatic carbocycles. The highest BCUT2D eigenvalue weighted by Gasteiger charge is 2.31. The summed E-state index contributed by atoms with van der Waals surface area (Å²) >= 11 is 3.49. The zero-order valence-corrected chi connectivity index (χ0v) is 10.9. The largest absolute Gasteiger partial charge is 0.343 e. The molecule has 16 heavy (non-hydrogen) atoms. The van der Waals surface area contributed by atoms with Crippen molar-refractivity contribution in [2.45, 2.75) is 26.7 Å². The Kier molecular flexibility index (Phi) is 3.19. The highest BCUT2D eigenvalue weighted by molar-refractivity contribution is 9.10. The van der Waals surface area contributed by atoms with Gasteiger partial charge in [-0.25, -0.2) is 10.3 Å². The van der Waals surface area contributed by atoms with Crippen molar-refractivity contribution >= 4 is 27.6 Å². The van der Waals surface area contributed by atoms with Crippen molar-refractivity contribution < 1.29 is 9.63 Å². The normalized spacial score (nSPS) is 14.7. The summed E-state index contributed by atoms with van der Waals surface area (Å²) in [5.74, 6) is -0.0385. The van der Waals surface area contributed by atoms with Crippen LogP contribution in [0.25, 0.3) is 0 Å². The number of hydrogen-bond acceptors (Lipinski definition) is 3. The maximum Gasteiger partial charge on any atom is 0.335 e. The van der Waals surface area contributed by atoms with E-state index in [0.29, 0.717) is 0 Å². The van der Waals surface area contributed by atoms with Crippen LogP contribution in [0.1, 0.15) is 24.0 Å². The van der Waals surface area contributed by atoms with Crippen LogP contribution in [-0.2, 0) is 9.63 Å². The summed E-state index contributed by atoms with van der Waals surface area (Å²) in [7, 11) is 0. The number of rotatable bonds is 3. The van der Waals surface area contributed by atoms with Crippen LogP contribution >= 0.6 is 15.9 Å². The fraction of sp³-hybridized carbons (Fsp3) is 0.417. The third-order valence-electron chi connectivity index (χ3n) is 2.62. The van der Waals surface area contributed by atoms with Gasteiger partial charge < -0.3 is 4.84 Å². The second-order valence-corrected chi connectivity index (χ2v) is 5.01. The smallest absolute Gasteiger partial charge is 0.335 e. The topological polar surface area (TPSA) is 38.3 Å². The summed E-state index contributed by atoms with van der Waals surface area (Å²) in [6.07, 6.45) is 1.91. The number of aryl methyl sites for hydroxylation is 2. The molecule has 0 radical (unpaired) electrons. The fourth-order valence-corrected chi connectivity index (χ4v) is 1.75. The molecule has 1 saturated carbocycles. The average Bonchev–Trinajstić information content (AvgIpc) is 3.05. The number of carbonyl (C=O) groups excluding carboxylic acids is 1. The molecule has 1 aromatic rings.